The maximum Gasteiger partial charge on any atom is 0.163 e. The van der Waals surface area contributed by atoms with Gasteiger partial charge in [-0.25, -0.2) is 9.37 Å². The van der Waals surface area contributed by atoms with Crippen molar-refractivity contribution in [3.63, 3.8) is 0 Å². The first-order valence-corrected chi connectivity index (χ1v) is 11.4. The van der Waals surface area contributed by atoms with Gasteiger partial charge in [0.1, 0.15) is 11.4 Å². The minimum Gasteiger partial charge on any atom is -0.493 e. The number of halogens is 1. The number of nitrogens with two attached hydrogens (primary N) is 1. The molecule has 1 saturated carbocycles. The van der Waals surface area contributed by atoms with Crippen LogP contribution in [0, 0.1) is 5.82 Å². The van der Waals surface area contributed by atoms with Gasteiger partial charge in [-0.05, 0) is 80.3 Å². The minimum absolute atomic E-state index is 0.116. The Morgan fingerprint density at radius 1 is 1.15 bits per heavy atom. The molecule has 1 unspecified atom stereocenters. The number of carbonyl (C=O) groups is 1. The van der Waals surface area contributed by atoms with Crippen molar-refractivity contribution >= 4 is 5.78 Å². The molecule has 0 bridgehead atoms. The molecule has 3 N–H and O–H groups in total. The van der Waals surface area contributed by atoms with Gasteiger partial charge in [0, 0.05) is 24.1 Å². The van der Waals surface area contributed by atoms with E-state index < -0.39 is 5.60 Å². The van der Waals surface area contributed by atoms with E-state index in [4.69, 9.17) is 15.2 Å². The Balaban J connectivity index is 1.50. The second-order valence-electron chi connectivity index (χ2n) is 8.80. The Morgan fingerprint density at radius 3 is 2.53 bits per heavy atom. The van der Waals surface area contributed by atoms with Crippen molar-refractivity contribution in [1.29, 1.82) is 0 Å². The first kappa shape index (κ1) is 23.9. The molecular weight excluding hydrogens is 435 g/mol. The minimum atomic E-state index is -1.35. The summed E-state index contributed by atoms with van der Waals surface area (Å²) in [5, 5.41) is 11.2. The number of Topliss-reactive ketones (excluding diaryl/α,β-unsaturated/α-hetero) is 1. The van der Waals surface area contributed by atoms with E-state index >= 15 is 0 Å². The van der Waals surface area contributed by atoms with E-state index in [1.165, 1.54) is 12.1 Å². The quantitative estimate of drug-likeness (QED) is 0.420. The summed E-state index contributed by atoms with van der Waals surface area (Å²) >= 11 is 0. The number of hydrogen-bond donors (Lipinski definition) is 2. The number of benzene rings is 2. The number of rotatable bonds is 10. The Labute approximate surface area is 198 Å². The van der Waals surface area contributed by atoms with E-state index in [1.54, 1.807) is 56.5 Å². The van der Waals surface area contributed by atoms with Crippen LogP contribution in [0.1, 0.15) is 54.2 Å². The van der Waals surface area contributed by atoms with Gasteiger partial charge in [0.2, 0.25) is 0 Å². The van der Waals surface area contributed by atoms with Crippen LogP contribution in [0.25, 0.3) is 11.3 Å². The number of carbonyl (C=O) groups excluding carboxylic acids is 1. The van der Waals surface area contributed by atoms with Crippen molar-refractivity contribution in [3.05, 3.63) is 77.2 Å². The van der Waals surface area contributed by atoms with Crippen molar-refractivity contribution in [2.24, 2.45) is 5.73 Å². The zero-order chi connectivity index (χ0) is 24.3. The number of aliphatic hydroxyl groups is 1. The van der Waals surface area contributed by atoms with Crippen LogP contribution in [0.3, 0.4) is 0 Å². The van der Waals surface area contributed by atoms with E-state index in [-0.39, 0.29) is 37.1 Å². The Hall–Kier alpha value is -3.29. The van der Waals surface area contributed by atoms with Crippen molar-refractivity contribution in [1.82, 2.24) is 4.98 Å². The molecule has 0 saturated heterocycles. The predicted octanol–water partition coefficient (Wildman–Crippen LogP) is 4.77. The number of pyridine rings is 1. The Kier molecular flexibility index (Phi) is 6.95. The lowest BCUT2D eigenvalue weighted by atomic mass is 9.91. The Bertz CT molecular complexity index is 1170. The average molecular weight is 465 g/mol. The molecule has 1 heterocycles. The van der Waals surface area contributed by atoms with Gasteiger partial charge in [0.25, 0.3) is 0 Å². The van der Waals surface area contributed by atoms with Crippen molar-refractivity contribution in [2.45, 2.75) is 50.9 Å². The average Bonchev–Trinajstić information content (AvgIpc) is 3.67. The van der Waals surface area contributed by atoms with Crippen LogP contribution < -0.4 is 15.2 Å². The summed E-state index contributed by atoms with van der Waals surface area (Å²) in [5.41, 5.74) is 7.50. The van der Waals surface area contributed by atoms with Gasteiger partial charge in [0.05, 0.1) is 24.6 Å². The number of ketones is 1. The molecule has 1 aliphatic rings. The molecule has 1 aliphatic carbocycles. The second kappa shape index (κ2) is 9.91. The highest BCUT2D eigenvalue weighted by Gasteiger charge is 2.28. The third-order valence-electron chi connectivity index (χ3n) is 6.01. The van der Waals surface area contributed by atoms with Crippen LogP contribution >= 0.6 is 0 Å². The second-order valence-corrected chi connectivity index (χ2v) is 8.80. The predicted molar refractivity (Wildman–Crippen MR) is 127 cm³/mol. The van der Waals surface area contributed by atoms with Gasteiger partial charge in [0.15, 0.2) is 17.3 Å². The lowest BCUT2D eigenvalue weighted by Crippen LogP contribution is -2.24. The third kappa shape index (κ3) is 5.43. The molecule has 2 aromatic carbocycles. The normalized spacial score (nSPS) is 15.0. The fraction of sp³-hybridized carbons (Fsp3) is 0.333. The topological polar surface area (TPSA) is 94.7 Å². The van der Waals surface area contributed by atoms with E-state index in [1.807, 2.05) is 0 Å². The van der Waals surface area contributed by atoms with E-state index in [0.717, 1.165) is 18.4 Å². The van der Waals surface area contributed by atoms with Crippen LogP contribution in [0.2, 0.25) is 0 Å². The van der Waals surface area contributed by atoms with Crippen LogP contribution in [0.5, 0.6) is 11.5 Å². The van der Waals surface area contributed by atoms with E-state index in [9.17, 15) is 14.3 Å². The molecule has 4 rings (SSSR count). The molecule has 178 valence electrons. The molecule has 7 heteroatoms. The maximum absolute atomic E-state index is 13.4. The Morgan fingerprint density at radius 2 is 1.88 bits per heavy atom. The molecule has 34 heavy (non-hydrogen) atoms. The molecule has 3 aromatic rings. The van der Waals surface area contributed by atoms with Crippen LogP contribution in [-0.2, 0) is 12.1 Å². The van der Waals surface area contributed by atoms with Gasteiger partial charge in [-0.2, -0.15) is 0 Å². The molecular formula is C27H29FN2O4. The lowest BCUT2D eigenvalue weighted by molar-refractivity contribution is 0.0397. The maximum atomic E-state index is 13.4. The van der Waals surface area contributed by atoms with E-state index in [2.05, 4.69) is 4.98 Å². The summed E-state index contributed by atoms with van der Waals surface area (Å²) in [6, 6.07) is 14.6. The zero-order valence-corrected chi connectivity index (χ0v) is 19.4. The molecule has 0 amide bonds. The standard InChI is InChI=1S/C27H29FN2O4/c1-27(32,25-12-6-19(16-29)26(30-25)17-3-7-20(28)8-4-17)14-13-22(31)18-5-11-23(24(15-18)33-2)34-21-9-10-21/h3-8,11-12,15,21,32H,9-10,13-14,16,29H2,1-2H3. The van der Waals surface area contributed by atoms with Gasteiger partial charge >= 0.3 is 0 Å². The summed E-state index contributed by atoms with van der Waals surface area (Å²) in [7, 11) is 1.55. The fourth-order valence-electron chi connectivity index (χ4n) is 3.74. The van der Waals surface area contributed by atoms with Crippen LogP contribution in [0.15, 0.2) is 54.6 Å². The van der Waals surface area contributed by atoms with Gasteiger partial charge in [-0.1, -0.05) is 6.07 Å². The number of ether oxygens (including phenoxy) is 2. The fourth-order valence-corrected chi connectivity index (χ4v) is 3.74. The van der Waals surface area contributed by atoms with E-state index in [0.29, 0.717) is 34.0 Å². The molecule has 0 spiro atoms. The summed E-state index contributed by atoms with van der Waals surface area (Å²) in [6.07, 6.45) is 2.57. The molecule has 6 nitrogen and oxygen atoms in total. The molecule has 1 fully saturated rings. The summed E-state index contributed by atoms with van der Waals surface area (Å²) < 4.78 is 24.6. The highest BCUT2D eigenvalue weighted by molar-refractivity contribution is 5.96. The van der Waals surface area contributed by atoms with Gasteiger partial charge in [-0.3, -0.25) is 4.79 Å². The molecule has 0 radical (unpaired) electrons. The highest BCUT2D eigenvalue weighted by atomic mass is 19.1. The van der Waals surface area contributed by atoms with Crippen molar-refractivity contribution in [2.75, 3.05) is 7.11 Å². The molecule has 1 aromatic heterocycles. The van der Waals surface area contributed by atoms with Gasteiger partial charge in [-0.15, -0.1) is 0 Å². The zero-order valence-electron chi connectivity index (χ0n) is 19.4. The van der Waals surface area contributed by atoms with Crippen molar-refractivity contribution < 1.29 is 23.8 Å². The largest absolute Gasteiger partial charge is 0.493 e. The lowest BCUT2D eigenvalue weighted by Gasteiger charge is -2.24. The third-order valence-corrected chi connectivity index (χ3v) is 6.01. The summed E-state index contributed by atoms with van der Waals surface area (Å²) in [5.74, 6) is 0.691. The first-order chi connectivity index (χ1) is 16.3. The molecule has 0 aliphatic heterocycles. The SMILES string of the molecule is COc1cc(C(=O)CCC(C)(O)c2ccc(CN)c(-c3ccc(F)cc3)n2)ccc1OC1CC1. The van der Waals surface area contributed by atoms with Crippen LogP contribution in [0.4, 0.5) is 4.39 Å². The van der Waals surface area contributed by atoms with Crippen molar-refractivity contribution in [3.8, 4) is 22.8 Å². The number of hydrogen-bond acceptors (Lipinski definition) is 6. The highest BCUT2D eigenvalue weighted by Crippen LogP contribution is 2.35. The molecule has 1 atom stereocenters. The monoisotopic (exact) mass is 464 g/mol. The summed E-state index contributed by atoms with van der Waals surface area (Å²) in [6.45, 7) is 1.88. The summed E-state index contributed by atoms with van der Waals surface area (Å²) in [4.78, 5) is 17.5. The number of aromatic nitrogens is 1. The number of methoxy groups -OCH3 is 1. The van der Waals surface area contributed by atoms with Crippen LogP contribution in [-0.4, -0.2) is 29.1 Å². The first-order valence-electron chi connectivity index (χ1n) is 11.4. The van der Waals surface area contributed by atoms with Gasteiger partial charge < -0.3 is 20.3 Å². The smallest absolute Gasteiger partial charge is 0.163 e. The number of nitrogens with zero attached hydrogens (tertiary/aromatic N) is 1.